The van der Waals surface area contributed by atoms with Crippen molar-refractivity contribution in [2.75, 3.05) is 19.6 Å². The van der Waals surface area contributed by atoms with Gasteiger partial charge >= 0.3 is 5.97 Å². The average Bonchev–Trinajstić information content (AvgIpc) is 2.90. The van der Waals surface area contributed by atoms with Crippen LogP contribution in [-0.2, 0) is 14.4 Å². The van der Waals surface area contributed by atoms with Crippen LogP contribution in [0.25, 0.3) is 6.08 Å². The van der Waals surface area contributed by atoms with Crippen LogP contribution in [0.4, 0.5) is 0 Å². The van der Waals surface area contributed by atoms with Gasteiger partial charge in [-0.05, 0) is 24.5 Å². The molecule has 0 unspecified atom stereocenters. The molecule has 8 heteroatoms. The van der Waals surface area contributed by atoms with Crippen molar-refractivity contribution in [3.05, 3.63) is 40.8 Å². The van der Waals surface area contributed by atoms with Crippen molar-refractivity contribution < 1.29 is 19.5 Å². The topological polar surface area (TPSA) is 77.9 Å². The molecule has 6 nitrogen and oxygen atoms in total. The van der Waals surface area contributed by atoms with E-state index in [0.29, 0.717) is 35.2 Å². The molecule has 1 aromatic carbocycles. The Balaban J connectivity index is 1.62. The molecule has 2 heterocycles. The van der Waals surface area contributed by atoms with Crippen LogP contribution in [0.1, 0.15) is 18.4 Å². The highest BCUT2D eigenvalue weighted by atomic mass is 32.2. The van der Waals surface area contributed by atoms with Gasteiger partial charge in [0.25, 0.3) is 5.91 Å². The number of piperidine rings is 1. The van der Waals surface area contributed by atoms with Crippen LogP contribution in [0.5, 0.6) is 0 Å². The van der Waals surface area contributed by atoms with E-state index in [-0.39, 0.29) is 18.4 Å². The molecule has 136 valence electrons. The summed E-state index contributed by atoms with van der Waals surface area (Å²) < 4.78 is 0.367. The Bertz CT molecular complexity index is 771. The van der Waals surface area contributed by atoms with Gasteiger partial charge in [-0.1, -0.05) is 54.3 Å². The number of rotatable bonds is 4. The fraction of sp³-hybridized carbons (Fsp3) is 0.333. The van der Waals surface area contributed by atoms with Crippen molar-refractivity contribution in [2.24, 2.45) is 5.92 Å². The second-order valence-electron chi connectivity index (χ2n) is 6.17. The zero-order valence-corrected chi connectivity index (χ0v) is 15.6. The van der Waals surface area contributed by atoms with Crippen molar-refractivity contribution in [3.8, 4) is 0 Å². The molecule has 0 bridgehead atoms. The summed E-state index contributed by atoms with van der Waals surface area (Å²) in [4.78, 5) is 39.5. The fourth-order valence-electron chi connectivity index (χ4n) is 2.95. The molecule has 0 aromatic heterocycles. The van der Waals surface area contributed by atoms with Crippen molar-refractivity contribution in [2.45, 2.75) is 12.8 Å². The number of thioether (sulfide) groups is 1. The zero-order chi connectivity index (χ0) is 18.7. The smallest absolute Gasteiger partial charge is 0.306 e. The minimum atomic E-state index is -0.819. The molecule has 2 fully saturated rings. The summed E-state index contributed by atoms with van der Waals surface area (Å²) in [5, 5.41) is 9.03. The first kappa shape index (κ1) is 18.6. The van der Waals surface area contributed by atoms with Crippen LogP contribution in [0.2, 0.25) is 0 Å². The lowest BCUT2D eigenvalue weighted by atomic mass is 9.97. The summed E-state index contributed by atoms with van der Waals surface area (Å²) in [6, 6.07) is 9.46. The number of benzene rings is 1. The molecule has 0 aliphatic carbocycles. The van der Waals surface area contributed by atoms with E-state index in [9.17, 15) is 14.4 Å². The Morgan fingerprint density at radius 1 is 1.23 bits per heavy atom. The van der Waals surface area contributed by atoms with Gasteiger partial charge in [-0.25, -0.2) is 0 Å². The number of carboxylic acids is 1. The summed E-state index contributed by atoms with van der Waals surface area (Å²) in [7, 11) is 0. The SMILES string of the molecule is O=C(O)C1CCN(C(=O)CN2C(=O)C(=Cc3ccccc3)SC2=S)CC1. The lowest BCUT2D eigenvalue weighted by Gasteiger charge is -2.31. The number of hydrogen-bond donors (Lipinski definition) is 1. The van der Waals surface area contributed by atoms with Gasteiger partial charge in [0, 0.05) is 13.1 Å². The molecule has 2 amide bonds. The number of aliphatic carboxylic acids is 1. The molecule has 0 atom stereocenters. The molecule has 3 rings (SSSR count). The third-order valence-corrected chi connectivity index (χ3v) is 5.84. The maximum Gasteiger partial charge on any atom is 0.306 e. The van der Waals surface area contributed by atoms with Crippen LogP contribution in [0.3, 0.4) is 0 Å². The maximum atomic E-state index is 12.6. The highest BCUT2D eigenvalue weighted by molar-refractivity contribution is 8.26. The number of hydrogen-bond acceptors (Lipinski definition) is 5. The van der Waals surface area contributed by atoms with Crippen LogP contribution >= 0.6 is 24.0 Å². The Morgan fingerprint density at radius 3 is 2.50 bits per heavy atom. The lowest BCUT2D eigenvalue weighted by Crippen LogP contribution is -2.46. The van der Waals surface area contributed by atoms with Crippen molar-refractivity contribution in [3.63, 3.8) is 0 Å². The summed E-state index contributed by atoms with van der Waals surface area (Å²) >= 11 is 6.45. The predicted octanol–water partition coefficient (Wildman–Crippen LogP) is 2.21. The van der Waals surface area contributed by atoms with Gasteiger partial charge in [0.2, 0.25) is 5.91 Å². The van der Waals surface area contributed by atoms with E-state index in [4.69, 9.17) is 17.3 Å². The Kier molecular flexibility index (Phi) is 5.73. The average molecular weight is 390 g/mol. The van der Waals surface area contributed by atoms with Gasteiger partial charge in [-0.3, -0.25) is 19.3 Å². The molecule has 0 radical (unpaired) electrons. The van der Waals surface area contributed by atoms with Crippen molar-refractivity contribution >= 4 is 52.2 Å². The van der Waals surface area contributed by atoms with Crippen LogP contribution in [0.15, 0.2) is 35.2 Å². The molecule has 2 aliphatic heterocycles. The number of carbonyl (C=O) groups is 3. The number of thiocarbonyl (C=S) groups is 1. The summed E-state index contributed by atoms with van der Waals surface area (Å²) in [6.45, 7) is 0.684. The van der Waals surface area contributed by atoms with E-state index in [1.165, 1.54) is 16.7 Å². The number of amides is 2. The van der Waals surface area contributed by atoms with E-state index in [0.717, 1.165) is 5.56 Å². The monoisotopic (exact) mass is 390 g/mol. The highest BCUT2D eigenvalue weighted by Crippen LogP contribution is 2.32. The molecule has 2 saturated heterocycles. The molecule has 1 N–H and O–H groups in total. The summed E-state index contributed by atoms with van der Waals surface area (Å²) in [6.07, 6.45) is 2.64. The Morgan fingerprint density at radius 2 is 1.88 bits per heavy atom. The maximum absolute atomic E-state index is 12.6. The van der Waals surface area contributed by atoms with E-state index in [1.54, 1.807) is 11.0 Å². The molecular weight excluding hydrogens is 372 g/mol. The zero-order valence-electron chi connectivity index (χ0n) is 14.0. The second kappa shape index (κ2) is 8.01. The summed E-state index contributed by atoms with van der Waals surface area (Å²) in [5.74, 6) is -1.69. The third kappa shape index (κ3) is 4.13. The standard InChI is InChI=1S/C18H18N2O4S2/c21-15(19-8-6-13(7-9-19)17(23)24)11-20-16(22)14(26-18(20)25)10-12-4-2-1-3-5-12/h1-5,10,13H,6-9,11H2,(H,23,24). The van der Waals surface area contributed by atoms with Crippen LogP contribution in [-0.4, -0.2) is 56.6 Å². The largest absolute Gasteiger partial charge is 0.481 e. The molecule has 1 aromatic rings. The van der Waals surface area contributed by atoms with E-state index < -0.39 is 11.9 Å². The molecule has 26 heavy (non-hydrogen) atoms. The van der Waals surface area contributed by atoms with Gasteiger partial charge in [0.1, 0.15) is 10.9 Å². The van der Waals surface area contributed by atoms with E-state index in [1.807, 2.05) is 30.3 Å². The third-order valence-electron chi connectivity index (χ3n) is 4.46. The van der Waals surface area contributed by atoms with Gasteiger partial charge in [-0.2, -0.15) is 0 Å². The molecule has 2 aliphatic rings. The molecule has 0 spiro atoms. The minimum Gasteiger partial charge on any atom is -0.481 e. The first-order valence-electron chi connectivity index (χ1n) is 8.26. The predicted molar refractivity (Wildman–Crippen MR) is 103 cm³/mol. The minimum absolute atomic E-state index is 0.103. The Hall–Kier alpha value is -2.19. The molecule has 0 saturated carbocycles. The van der Waals surface area contributed by atoms with Gasteiger partial charge in [0.15, 0.2) is 0 Å². The highest BCUT2D eigenvalue weighted by Gasteiger charge is 2.35. The van der Waals surface area contributed by atoms with Gasteiger partial charge < -0.3 is 10.0 Å². The molecular formula is C18H18N2O4S2. The lowest BCUT2D eigenvalue weighted by molar-refractivity contribution is -0.146. The quantitative estimate of drug-likeness (QED) is 0.627. The second-order valence-corrected chi connectivity index (χ2v) is 7.85. The first-order chi connectivity index (χ1) is 12.5. The van der Waals surface area contributed by atoms with Gasteiger partial charge in [0.05, 0.1) is 10.8 Å². The van der Waals surface area contributed by atoms with E-state index in [2.05, 4.69) is 0 Å². The van der Waals surface area contributed by atoms with Crippen molar-refractivity contribution in [1.29, 1.82) is 0 Å². The van der Waals surface area contributed by atoms with Crippen LogP contribution < -0.4 is 0 Å². The number of carboxylic acid groups (broad SMARTS) is 1. The number of nitrogens with zero attached hydrogens (tertiary/aromatic N) is 2. The number of likely N-dealkylation sites (tertiary alicyclic amines) is 1. The van der Waals surface area contributed by atoms with Crippen LogP contribution in [0, 0.1) is 5.92 Å². The van der Waals surface area contributed by atoms with Crippen molar-refractivity contribution in [1.82, 2.24) is 9.80 Å². The normalized spacial score (nSPS) is 20.1. The number of carbonyl (C=O) groups excluding carboxylic acids is 2. The fourth-order valence-corrected chi connectivity index (χ4v) is 4.20. The van der Waals surface area contributed by atoms with Gasteiger partial charge in [-0.15, -0.1) is 0 Å². The Labute approximate surface area is 160 Å². The van der Waals surface area contributed by atoms with E-state index >= 15 is 0 Å². The summed E-state index contributed by atoms with van der Waals surface area (Å²) in [5.41, 5.74) is 0.898. The first-order valence-corrected chi connectivity index (χ1v) is 9.49.